The summed E-state index contributed by atoms with van der Waals surface area (Å²) in [6.45, 7) is -1.07. The van der Waals surface area contributed by atoms with Gasteiger partial charge in [0.1, 0.15) is 24.6 Å². The van der Waals surface area contributed by atoms with Crippen LogP contribution in [0.3, 0.4) is 0 Å². The van der Waals surface area contributed by atoms with Crippen LogP contribution in [0.5, 0.6) is 0 Å². The number of hydrogen-bond donors (Lipinski definition) is 6. The number of aliphatic hydroxyl groups excluding tert-OH is 2. The summed E-state index contributed by atoms with van der Waals surface area (Å²) in [4.78, 5) is 51.7. The van der Waals surface area contributed by atoms with Gasteiger partial charge in [-0.1, -0.05) is 0 Å². The van der Waals surface area contributed by atoms with Crippen molar-refractivity contribution in [3.05, 3.63) is 16.8 Å². The molecule has 0 saturated carbocycles. The summed E-state index contributed by atoms with van der Waals surface area (Å²) in [7, 11) is -17.2. The van der Waals surface area contributed by atoms with E-state index in [0.717, 1.165) is 10.9 Å². The standard InChI is InChI=1S/C10H15N8O13P3.Na/c11-7-4-8(14-2-13-7)18(10(15-4)16-17-12)9-6(20)5(19)3(29-9)1-28-33(24,25)31-34(26,27)30-32(21,22)23;/h2-3,5-6,9,19-20H,1H2,(H,24,25)(H,26,27)(H2,11,13,14)(H2,21,22,23);/q;+1/p-1/t3-,5-,6-,9-;/m1./s1. The maximum atomic E-state index is 11.8. The number of imidazole rings is 1. The van der Waals surface area contributed by atoms with E-state index < -0.39 is 60.6 Å². The van der Waals surface area contributed by atoms with E-state index in [4.69, 9.17) is 25.8 Å². The molecule has 7 N–H and O–H groups in total. The van der Waals surface area contributed by atoms with Crippen LogP contribution in [0.4, 0.5) is 11.8 Å². The zero-order chi connectivity index (χ0) is 25.5. The van der Waals surface area contributed by atoms with Crippen LogP contribution < -0.4 is 40.2 Å². The zero-order valence-electron chi connectivity index (χ0n) is 17.1. The second-order valence-corrected chi connectivity index (χ2v) is 10.7. The Bertz CT molecular complexity index is 1280. The number of azide groups is 1. The third-order valence-corrected chi connectivity index (χ3v) is 7.80. The molecule has 3 heterocycles. The molecule has 7 atom stereocenters. The average molecular weight is 570 g/mol. The van der Waals surface area contributed by atoms with Gasteiger partial charge >= 0.3 is 45.2 Å². The number of ether oxygens (including phenoxy) is 1. The maximum absolute atomic E-state index is 11.8. The van der Waals surface area contributed by atoms with Crippen LogP contribution >= 0.6 is 23.5 Å². The number of nitrogen functional groups attached to an aromatic ring is 1. The third kappa shape index (κ3) is 7.26. The van der Waals surface area contributed by atoms with E-state index in [2.05, 4.69) is 38.1 Å². The summed E-state index contributed by atoms with van der Waals surface area (Å²) in [5.74, 6) is -0.520. The van der Waals surface area contributed by atoms with Gasteiger partial charge in [-0.2, -0.15) is 4.31 Å². The molecule has 1 aliphatic heterocycles. The Hall–Kier alpha value is -1.05. The van der Waals surface area contributed by atoms with Crippen LogP contribution in [0.25, 0.3) is 21.6 Å². The molecule has 0 aliphatic carbocycles. The first kappa shape index (κ1) is 30.2. The number of aliphatic hydroxyl groups is 2. The predicted molar refractivity (Wildman–Crippen MR) is 102 cm³/mol. The van der Waals surface area contributed by atoms with Gasteiger partial charge in [-0.25, -0.2) is 28.4 Å². The van der Waals surface area contributed by atoms with Crippen molar-refractivity contribution in [1.29, 1.82) is 0 Å². The molecule has 1 aliphatic rings. The zero-order valence-corrected chi connectivity index (χ0v) is 21.8. The van der Waals surface area contributed by atoms with Gasteiger partial charge in [0.2, 0.25) is 5.95 Å². The minimum atomic E-state index is -5.84. The maximum Gasteiger partial charge on any atom is 1.00 e. The van der Waals surface area contributed by atoms with Crippen LogP contribution in [0.15, 0.2) is 11.4 Å². The van der Waals surface area contributed by atoms with Gasteiger partial charge in [0.25, 0.3) is 7.82 Å². The van der Waals surface area contributed by atoms with E-state index in [1.807, 2.05) is 0 Å². The van der Waals surface area contributed by atoms with Gasteiger partial charge in [0.05, 0.1) is 6.61 Å². The van der Waals surface area contributed by atoms with Crippen molar-refractivity contribution in [2.45, 2.75) is 24.5 Å². The quantitative estimate of drug-likeness (QED) is 0.0545. The number of aromatic nitrogens is 4. The first-order chi connectivity index (χ1) is 15.6. The SMILES string of the molecule is [N-]=[N+]=Nc1nc2c(N)ncnc2n1[C@@H]1O[C@H](COP(=O)(O)OP(=O)(O)OP(=O)([O-])O)[C@@H](O)[C@H]1O.[Na+]. The molecule has 25 heteroatoms. The molecule has 2 aromatic rings. The van der Waals surface area contributed by atoms with Crippen molar-refractivity contribution < 1.29 is 90.9 Å². The first-order valence-electron chi connectivity index (χ1n) is 8.46. The number of phosphoric ester groups is 1. The number of anilines is 1. The summed E-state index contributed by atoms with van der Waals surface area (Å²) in [5, 5.41) is 24.0. The van der Waals surface area contributed by atoms with E-state index in [-0.39, 0.29) is 46.5 Å². The van der Waals surface area contributed by atoms with Crippen molar-refractivity contribution >= 4 is 46.4 Å². The summed E-state index contributed by atoms with van der Waals surface area (Å²) in [6, 6.07) is 0. The van der Waals surface area contributed by atoms with Gasteiger partial charge in [-0.05, 0) is 10.6 Å². The molecule has 0 bridgehead atoms. The monoisotopic (exact) mass is 570 g/mol. The van der Waals surface area contributed by atoms with Gasteiger partial charge < -0.3 is 40.3 Å². The first-order valence-corrected chi connectivity index (χ1v) is 12.9. The molecule has 1 saturated heterocycles. The van der Waals surface area contributed by atoms with Crippen LogP contribution in [0.1, 0.15) is 6.23 Å². The number of nitrogens with two attached hydrogens (primary N) is 1. The fraction of sp³-hybridized carbons (Fsp3) is 0.500. The van der Waals surface area contributed by atoms with Crippen molar-refractivity contribution in [1.82, 2.24) is 19.5 Å². The minimum Gasteiger partial charge on any atom is -0.756 e. The third-order valence-electron chi connectivity index (χ3n) is 4.03. The molecule has 0 radical (unpaired) electrons. The fourth-order valence-corrected chi connectivity index (χ4v) is 5.80. The molecule has 0 amide bonds. The van der Waals surface area contributed by atoms with E-state index in [1.165, 1.54) is 0 Å². The molecule has 2 aromatic heterocycles. The molecule has 21 nitrogen and oxygen atoms in total. The molecule has 0 aromatic carbocycles. The van der Waals surface area contributed by atoms with Crippen LogP contribution in [-0.2, 0) is 31.6 Å². The number of nitrogens with zero attached hydrogens (tertiary/aromatic N) is 7. The normalized spacial score (nSPS) is 27.3. The molecular weight excluding hydrogens is 556 g/mol. The van der Waals surface area contributed by atoms with Gasteiger partial charge in [0, 0.05) is 4.91 Å². The molecule has 3 rings (SSSR count). The topological polar surface area (TPSA) is 331 Å². The smallest absolute Gasteiger partial charge is 0.756 e. The molecule has 188 valence electrons. The summed E-state index contributed by atoms with van der Waals surface area (Å²) in [5.41, 5.74) is 14.4. The number of phosphoric acid groups is 3. The molecule has 35 heavy (non-hydrogen) atoms. The van der Waals surface area contributed by atoms with E-state index in [1.54, 1.807) is 0 Å². The Balaban J connectivity index is 0.00000432. The van der Waals surface area contributed by atoms with Gasteiger partial charge in [-0.3, -0.25) is 13.7 Å². The van der Waals surface area contributed by atoms with E-state index in [9.17, 15) is 33.7 Å². The summed E-state index contributed by atoms with van der Waals surface area (Å²) < 4.78 is 51.4. The van der Waals surface area contributed by atoms with E-state index in [0.29, 0.717) is 0 Å². The van der Waals surface area contributed by atoms with Crippen molar-refractivity contribution in [3.8, 4) is 0 Å². The Morgan fingerprint density at radius 2 is 1.86 bits per heavy atom. The largest absolute Gasteiger partial charge is 1.00 e. The predicted octanol–water partition coefficient (Wildman–Crippen LogP) is -4.32. The second kappa shape index (κ2) is 11.1. The van der Waals surface area contributed by atoms with Crippen LogP contribution in [0, 0.1) is 0 Å². The van der Waals surface area contributed by atoms with Gasteiger partial charge in [-0.15, -0.1) is 0 Å². The summed E-state index contributed by atoms with van der Waals surface area (Å²) in [6.07, 6.45) is -5.76. The second-order valence-electron chi connectivity index (χ2n) is 6.31. The Morgan fingerprint density at radius 1 is 1.20 bits per heavy atom. The van der Waals surface area contributed by atoms with Crippen molar-refractivity contribution in [2.75, 3.05) is 12.3 Å². The Kier molecular flexibility index (Phi) is 9.60. The van der Waals surface area contributed by atoms with Gasteiger partial charge in [0.15, 0.2) is 23.2 Å². The van der Waals surface area contributed by atoms with Crippen LogP contribution in [0.2, 0.25) is 0 Å². The Morgan fingerprint density at radius 3 is 2.46 bits per heavy atom. The average Bonchev–Trinajstić information content (AvgIpc) is 3.16. The van der Waals surface area contributed by atoms with E-state index >= 15 is 0 Å². The van der Waals surface area contributed by atoms with Crippen molar-refractivity contribution in [3.63, 3.8) is 0 Å². The van der Waals surface area contributed by atoms with Crippen LogP contribution in [-0.4, -0.2) is 69.3 Å². The molecule has 0 spiro atoms. The Labute approximate surface area is 215 Å². The number of fused-ring (bicyclic) bond motifs is 1. The number of hydrogen-bond acceptors (Lipinski definition) is 15. The summed E-state index contributed by atoms with van der Waals surface area (Å²) >= 11 is 0. The molecular formula is C10H14N8NaO13P3. The van der Waals surface area contributed by atoms with Crippen molar-refractivity contribution in [2.24, 2.45) is 5.11 Å². The molecule has 1 fully saturated rings. The fourth-order valence-electron chi connectivity index (χ4n) is 2.81. The minimum absolute atomic E-state index is 0. The molecule has 3 unspecified atom stereocenters. The number of rotatable bonds is 9.